The Bertz CT molecular complexity index is 914. The second-order valence-corrected chi connectivity index (χ2v) is 8.06. The van der Waals surface area contributed by atoms with Gasteiger partial charge < -0.3 is 4.74 Å². The number of aromatic nitrogens is 1. The first kappa shape index (κ1) is 24.1. The molecular formula is C23H29NO5. The summed E-state index contributed by atoms with van der Waals surface area (Å²) >= 11 is 0. The Hall–Kier alpha value is -2.98. The van der Waals surface area contributed by atoms with Crippen LogP contribution in [0.5, 0.6) is 0 Å². The third kappa shape index (κ3) is 6.84. The Morgan fingerprint density at radius 3 is 2.10 bits per heavy atom. The smallest absolute Gasteiger partial charge is 0.373 e. The zero-order valence-corrected chi connectivity index (χ0v) is 17.9. The van der Waals surface area contributed by atoms with Crippen molar-refractivity contribution in [3.8, 4) is 11.3 Å². The number of carbonyl (C=O) groups is 1. The predicted molar refractivity (Wildman–Crippen MR) is 110 cm³/mol. The lowest BCUT2D eigenvalue weighted by molar-refractivity contribution is -0.191. The maximum atomic E-state index is 12.8. The van der Waals surface area contributed by atoms with Crippen molar-refractivity contribution in [1.29, 1.82) is 0 Å². The minimum atomic E-state index is -0.654. The van der Waals surface area contributed by atoms with Crippen molar-refractivity contribution in [1.82, 2.24) is 4.57 Å². The fraction of sp³-hybridized carbons (Fsp3) is 0.435. The monoisotopic (exact) mass is 399 g/mol. The average Bonchev–Trinajstić information content (AvgIpc) is 2.63. The van der Waals surface area contributed by atoms with Crippen molar-refractivity contribution in [3.63, 3.8) is 0 Å². The van der Waals surface area contributed by atoms with Crippen molar-refractivity contribution < 1.29 is 19.1 Å². The molecule has 0 aliphatic carbocycles. The average molecular weight is 399 g/mol. The number of esters is 1. The lowest BCUT2D eigenvalue weighted by Crippen LogP contribution is -2.34. The Morgan fingerprint density at radius 1 is 1.07 bits per heavy atom. The van der Waals surface area contributed by atoms with Gasteiger partial charge >= 0.3 is 12.1 Å². The van der Waals surface area contributed by atoms with Gasteiger partial charge in [0.1, 0.15) is 6.04 Å². The fourth-order valence-electron chi connectivity index (χ4n) is 3.14. The molecule has 0 bridgehead atoms. The van der Waals surface area contributed by atoms with Crippen LogP contribution in [0.25, 0.3) is 11.3 Å². The molecule has 1 unspecified atom stereocenters. The molecule has 1 atom stereocenters. The summed E-state index contributed by atoms with van der Waals surface area (Å²) in [6.07, 6.45) is 0.772. The molecule has 0 radical (unpaired) electrons. The van der Waals surface area contributed by atoms with E-state index in [9.17, 15) is 9.59 Å². The van der Waals surface area contributed by atoms with Gasteiger partial charge in [-0.15, -0.1) is 0 Å². The number of carbonyl (C=O) groups excluding carboxylic acids is 3. The first-order valence-electron chi connectivity index (χ1n) is 9.50. The van der Waals surface area contributed by atoms with Gasteiger partial charge in [0, 0.05) is 6.07 Å². The molecule has 0 saturated carbocycles. The number of nitrogens with zero attached hydrogens (tertiary/aromatic N) is 1. The van der Waals surface area contributed by atoms with Crippen LogP contribution in [0.2, 0.25) is 0 Å². The van der Waals surface area contributed by atoms with Gasteiger partial charge in [-0.05, 0) is 43.7 Å². The molecule has 6 nitrogen and oxygen atoms in total. The van der Waals surface area contributed by atoms with Gasteiger partial charge in [0.15, 0.2) is 0 Å². The molecule has 0 aliphatic heterocycles. The molecule has 0 aliphatic rings. The third-order valence-corrected chi connectivity index (χ3v) is 4.33. The van der Waals surface area contributed by atoms with E-state index in [-0.39, 0.29) is 23.1 Å². The molecule has 2 aromatic rings. The van der Waals surface area contributed by atoms with Gasteiger partial charge in [-0.25, -0.2) is 4.79 Å². The summed E-state index contributed by atoms with van der Waals surface area (Å²) in [6, 6.07) is 10.7. The van der Waals surface area contributed by atoms with Crippen molar-refractivity contribution in [2.45, 2.75) is 54.0 Å². The summed E-state index contributed by atoms with van der Waals surface area (Å²) in [5, 5.41) is 0. The largest absolute Gasteiger partial charge is 0.464 e. The van der Waals surface area contributed by atoms with Crippen LogP contribution in [0.4, 0.5) is 0 Å². The molecule has 2 rings (SSSR count). The summed E-state index contributed by atoms with van der Waals surface area (Å²) in [5.74, 6) is -0.358. The summed E-state index contributed by atoms with van der Waals surface area (Å²) in [7, 11) is 0. The van der Waals surface area contributed by atoms with E-state index >= 15 is 0 Å². The maximum absolute atomic E-state index is 12.8. The summed E-state index contributed by atoms with van der Waals surface area (Å²) in [4.78, 5) is 41.8. The van der Waals surface area contributed by atoms with E-state index in [4.69, 9.17) is 14.3 Å². The minimum Gasteiger partial charge on any atom is -0.464 e. The fourth-order valence-corrected chi connectivity index (χ4v) is 3.14. The van der Waals surface area contributed by atoms with Gasteiger partial charge in [0.05, 0.1) is 12.3 Å². The van der Waals surface area contributed by atoms with E-state index in [0.29, 0.717) is 13.0 Å². The highest BCUT2D eigenvalue weighted by Gasteiger charge is 2.30. The summed E-state index contributed by atoms with van der Waals surface area (Å²) in [5.41, 5.74) is 3.48. The third-order valence-electron chi connectivity index (χ3n) is 4.33. The van der Waals surface area contributed by atoms with Gasteiger partial charge in [0.25, 0.3) is 5.56 Å². The van der Waals surface area contributed by atoms with Crippen LogP contribution in [0.3, 0.4) is 0 Å². The molecule has 0 amide bonds. The second kappa shape index (κ2) is 10.5. The van der Waals surface area contributed by atoms with Gasteiger partial charge in [-0.1, -0.05) is 56.7 Å². The van der Waals surface area contributed by atoms with E-state index in [1.165, 1.54) is 6.07 Å². The molecule has 1 aromatic heterocycles. The number of hydrogen-bond donors (Lipinski definition) is 0. The number of benzene rings is 1. The van der Waals surface area contributed by atoms with Crippen molar-refractivity contribution >= 4 is 12.1 Å². The lowest BCUT2D eigenvalue weighted by Gasteiger charge is -2.28. The molecule has 0 spiro atoms. The van der Waals surface area contributed by atoms with Crippen LogP contribution >= 0.6 is 0 Å². The maximum Gasteiger partial charge on any atom is 0.373 e. The van der Waals surface area contributed by atoms with E-state index < -0.39 is 6.04 Å². The second-order valence-electron chi connectivity index (χ2n) is 8.06. The van der Waals surface area contributed by atoms with Crippen molar-refractivity contribution in [3.05, 3.63) is 57.9 Å². The SMILES string of the molecule is CCOC(=O)C(CC(C)(C)C)n1c(-c2ccc(C)cc2)c(C)ccc1=O.O=C=O. The number of pyridine rings is 1. The van der Waals surface area contributed by atoms with Gasteiger partial charge in [-0.3, -0.25) is 9.36 Å². The van der Waals surface area contributed by atoms with Gasteiger partial charge in [-0.2, -0.15) is 9.59 Å². The number of rotatable bonds is 5. The quantitative estimate of drug-likeness (QED) is 0.707. The molecule has 29 heavy (non-hydrogen) atoms. The number of ether oxygens (including phenoxy) is 1. The van der Waals surface area contributed by atoms with Crippen LogP contribution in [0, 0.1) is 19.3 Å². The zero-order chi connectivity index (χ0) is 22.2. The van der Waals surface area contributed by atoms with E-state index in [2.05, 4.69) is 20.8 Å². The molecule has 0 saturated heterocycles. The normalized spacial score (nSPS) is 11.7. The first-order valence-corrected chi connectivity index (χ1v) is 9.50. The first-order chi connectivity index (χ1) is 13.6. The predicted octanol–water partition coefficient (Wildman–Crippen LogP) is 4.09. The topological polar surface area (TPSA) is 82.4 Å². The number of hydrogen-bond acceptors (Lipinski definition) is 5. The van der Waals surface area contributed by atoms with Crippen LogP contribution < -0.4 is 5.56 Å². The molecular weight excluding hydrogens is 370 g/mol. The van der Waals surface area contributed by atoms with Crippen LogP contribution in [0.1, 0.15) is 51.3 Å². The molecule has 0 fully saturated rings. The highest BCUT2D eigenvalue weighted by Crippen LogP contribution is 2.32. The molecule has 6 heteroatoms. The van der Waals surface area contributed by atoms with Crippen LogP contribution in [-0.2, 0) is 19.1 Å². The lowest BCUT2D eigenvalue weighted by atomic mass is 9.87. The summed E-state index contributed by atoms with van der Waals surface area (Å²) in [6.45, 7) is 12.2. The Balaban J connectivity index is 0.00000132. The van der Waals surface area contributed by atoms with Crippen molar-refractivity contribution in [2.24, 2.45) is 5.41 Å². The summed E-state index contributed by atoms with van der Waals surface area (Å²) < 4.78 is 6.92. The highest BCUT2D eigenvalue weighted by molar-refractivity contribution is 5.76. The molecule has 1 aromatic carbocycles. The van der Waals surface area contributed by atoms with Crippen LogP contribution in [0.15, 0.2) is 41.2 Å². The molecule has 0 N–H and O–H groups in total. The standard InChI is InChI=1S/C22H29NO3.CO2/c1-7-26-21(25)18(14-22(4,5)6)23-19(24)13-10-16(3)20(23)17-11-8-15(2)9-12-17;2-1-3/h8-13,18H,7,14H2,1-6H3;. The highest BCUT2D eigenvalue weighted by atomic mass is 16.5. The van der Waals surface area contributed by atoms with Crippen molar-refractivity contribution in [2.75, 3.05) is 6.61 Å². The Labute approximate surface area is 171 Å². The zero-order valence-electron chi connectivity index (χ0n) is 17.9. The van der Waals surface area contributed by atoms with E-state index in [1.807, 2.05) is 44.2 Å². The van der Waals surface area contributed by atoms with E-state index in [0.717, 1.165) is 22.4 Å². The Morgan fingerprint density at radius 2 is 1.62 bits per heavy atom. The molecule has 1 heterocycles. The molecule has 156 valence electrons. The van der Waals surface area contributed by atoms with Crippen LogP contribution in [-0.4, -0.2) is 23.3 Å². The number of aryl methyl sites for hydroxylation is 2. The minimum absolute atomic E-state index is 0.134. The van der Waals surface area contributed by atoms with Gasteiger partial charge in [0.2, 0.25) is 0 Å². The Kier molecular flexibility index (Phi) is 8.74. The van der Waals surface area contributed by atoms with E-state index in [1.54, 1.807) is 11.5 Å².